The molecule has 2 amide bonds. The first-order chi connectivity index (χ1) is 16.5. The van der Waals surface area contributed by atoms with Gasteiger partial charge in [0.2, 0.25) is 5.91 Å². The predicted molar refractivity (Wildman–Crippen MR) is 131 cm³/mol. The minimum atomic E-state index is -1.10. The number of nitrogens with zero attached hydrogens (tertiary/aromatic N) is 2. The molecule has 0 aliphatic carbocycles. The zero-order valence-corrected chi connectivity index (χ0v) is 19.3. The maximum absolute atomic E-state index is 13.9. The van der Waals surface area contributed by atoms with Crippen molar-refractivity contribution in [2.24, 2.45) is 0 Å². The number of nitrogens with one attached hydrogen (secondary N) is 1. The molecule has 0 saturated carbocycles. The van der Waals surface area contributed by atoms with E-state index in [2.05, 4.69) is 5.32 Å². The molecule has 3 aromatic carbocycles. The van der Waals surface area contributed by atoms with Crippen molar-refractivity contribution in [3.63, 3.8) is 0 Å². The fraction of sp³-hybridized carbons (Fsp3) is 0.214. The van der Waals surface area contributed by atoms with Gasteiger partial charge in [-0.3, -0.25) is 9.59 Å². The lowest BCUT2D eigenvalue weighted by atomic mass is 9.93. The van der Waals surface area contributed by atoms with E-state index in [1.54, 1.807) is 12.0 Å². The summed E-state index contributed by atoms with van der Waals surface area (Å²) < 4.78 is 7.50. The number of fused-ring (bicyclic) bond motifs is 3. The normalized spacial score (nSPS) is 17.5. The van der Waals surface area contributed by atoms with Crippen LogP contribution in [0.5, 0.6) is 5.75 Å². The molecule has 172 valence electrons. The standard InChI is InChI=1S/C28H27N3O3/c1-28(27(33)29-17-20-10-4-3-5-11-20)19-30-23-14-8-6-12-21(23)16-24(30)26(32)31(28)18-22-13-7-9-15-25(22)34-2/h3-16H,17-19H2,1-2H3,(H,29,33). The van der Waals surface area contributed by atoms with Crippen LogP contribution < -0.4 is 10.1 Å². The summed E-state index contributed by atoms with van der Waals surface area (Å²) in [7, 11) is 1.61. The lowest BCUT2D eigenvalue weighted by Crippen LogP contribution is -2.63. The van der Waals surface area contributed by atoms with E-state index in [-0.39, 0.29) is 18.4 Å². The Balaban J connectivity index is 1.55. The topological polar surface area (TPSA) is 63.6 Å². The monoisotopic (exact) mass is 453 g/mol. The number of amides is 2. The Labute approximate surface area is 198 Å². The van der Waals surface area contributed by atoms with E-state index in [9.17, 15) is 9.59 Å². The first-order valence-electron chi connectivity index (χ1n) is 11.4. The summed E-state index contributed by atoms with van der Waals surface area (Å²) in [5, 5.41) is 4.05. The molecule has 5 rings (SSSR count). The number of benzene rings is 3. The van der Waals surface area contributed by atoms with Gasteiger partial charge in [0.05, 0.1) is 20.2 Å². The maximum Gasteiger partial charge on any atom is 0.271 e. The number of hydrogen-bond acceptors (Lipinski definition) is 3. The smallest absolute Gasteiger partial charge is 0.271 e. The van der Waals surface area contributed by atoms with E-state index >= 15 is 0 Å². The molecule has 1 N–H and O–H groups in total. The summed E-state index contributed by atoms with van der Waals surface area (Å²) in [4.78, 5) is 29.3. The van der Waals surface area contributed by atoms with Gasteiger partial charge < -0.3 is 19.5 Å². The molecule has 1 aliphatic heterocycles. The van der Waals surface area contributed by atoms with E-state index in [4.69, 9.17) is 4.74 Å². The number of methoxy groups -OCH3 is 1. The van der Waals surface area contributed by atoms with Crippen molar-refractivity contribution >= 4 is 22.7 Å². The lowest BCUT2D eigenvalue weighted by Gasteiger charge is -2.44. The van der Waals surface area contributed by atoms with Crippen molar-refractivity contribution in [1.29, 1.82) is 0 Å². The van der Waals surface area contributed by atoms with Crippen molar-refractivity contribution in [3.8, 4) is 5.75 Å². The molecule has 6 nitrogen and oxygen atoms in total. The minimum Gasteiger partial charge on any atom is -0.496 e. The highest BCUT2D eigenvalue weighted by Crippen LogP contribution is 2.34. The summed E-state index contributed by atoms with van der Waals surface area (Å²) in [5.74, 6) is 0.321. The van der Waals surface area contributed by atoms with E-state index in [0.29, 0.717) is 24.5 Å². The molecule has 2 heterocycles. The van der Waals surface area contributed by atoms with Crippen LogP contribution in [0.4, 0.5) is 0 Å². The Morgan fingerprint density at radius 3 is 2.50 bits per heavy atom. The Morgan fingerprint density at radius 1 is 1.00 bits per heavy atom. The Hall–Kier alpha value is -4.06. The van der Waals surface area contributed by atoms with Crippen molar-refractivity contribution < 1.29 is 14.3 Å². The largest absolute Gasteiger partial charge is 0.496 e. The number of hydrogen-bond donors (Lipinski definition) is 1. The average molecular weight is 454 g/mol. The molecule has 0 radical (unpaired) electrons. The second-order valence-corrected chi connectivity index (χ2v) is 8.82. The van der Waals surface area contributed by atoms with E-state index in [1.165, 1.54) is 0 Å². The van der Waals surface area contributed by atoms with Crippen LogP contribution in [0.2, 0.25) is 0 Å². The minimum absolute atomic E-state index is 0.175. The SMILES string of the molecule is COc1ccccc1CN1C(=O)c2cc3ccccc3n2CC1(C)C(=O)NCc1ccccc1. The zero-order chi connectivity index (χ0) is 23.7. The van der Waals surface area contributed by atoms with Gasteiger partial charge in [0.1, 0.15) is 17.0 Å². The first-order valence-corrected chi connectivity index (χ1v) is 11.4. The number of ether oxygens (including phenoxy) is 1. The molecule has 0 saturated heterocycles. The molecule has 34 heavy (non-hydrogen) atoms. The molecule has 6 heteroatoms. The number of carbonyl (C=O) groups excluding carboxylic acids is 2. The number of para-hydroxylation sites is 2. The molecule has 0 bridgehead atoms. The van der Waals surface area contributed by atoms with Gasteiger partial charge in [-0.15, -0.1) is 0 Å². The third-order valence-corrected chi connectivity index (χ3v) is 6.64. The van der Waals surface area contributed by atoms with Crippen LogP contribution in [-0.2, 0) is 24.4 Å². The van der Waals surface area contributed by atoms with Gasteiger partial charge in [-0.1, -0.05) is 66.7 Å². The second kappa shape index (κ2) is 8.71. The van der Waals surface area contributed by atoms with Crippen molar-refractivity contribution in [2.45, 2.75) is 32.1 Å². The summed E-state index contributed by atoms with van der Waals surface area (Å²) in [5.41, 5.74) is 2.30. The van der Waals surface area contributed by atoms with Gasteiger partial charge in [-0.25, -0.2) is 0 Å². The van der Waals surface area contributed by atoms with Gasteiger partial charge in [0.25, 0.3) is 5.91 Å². The van der Waals surface area contributed by atoms with Gasteiger partial charge in [-0.2, -0.15) is 0 Å². The van der Waals surface area contributed by atoms with Crippen LogP contribution in [0, 0.1) is 0 Å². The zero-order valence-electron chi connectivity index (χ0n) is 19.3. The van der Waals surface area contributed by atoms with Gasteiger partial charge in [0, 0.05) is 23.0 Å². The number of rotatable bonds is 6. The molecule has 0 fully saturated rings. The number of carbonyl (C=O) groups is 2. The third-order valence-electron chi connectivity index (χ3n) is 6.64. The molecular formula is C28H27N3O3. The summed E-state index contributed by atoms with van der Waals surface area (Å²) in [6, 6.07) is 27.2. The summed E-state index contributed by atoms with van der Waals surface area (Å²) in [6.07, 6.45) is 0. The van der Waals surface area contributed by atoms with E-state index in [1.807, 2.05) is 96.4 Å². The van der Waals surface area contributed by atoms with Gasteiger partial charge in [0.15, 0.2) is 0 Å². The van der Waals surface area contributed by atoms with Crippen molar-refractivity contribution in [3.05, 3.63) is 102 Å². The van der Waals surface area contributed by atoms with Gasteiger partial charge >= 0.3 is 0 Å². The van der Waals surface area contributed by atoms with Crippen LogP contribution in [0.1, 0.15) is 28.5 Å². The Kier molecular flexibility index (Phi) is 5.57. The highest BCUT2D eigenvalue weighted by Gasteiger charge is 2.47. The maximum atomic E-state index is 13.9. The molecular weight excluding hydrogens is 426 g/mol. The fourth-order valence-corrected chi connectivity index (χ4v) is 4.73. The average Bonchev–Trinajstić information content (AvgIpc) is 3.24. The van der Waals surface area contributed by atoms with Crippen LogP contribution in [-0.4, -0.2) is 33.9 Å². The highest BCUT2D eigenvalue weighted by molar-refractivity contribution is 6.03. The molecule has 0 spiro atoms. The lowest BCUT2D eigenvalue weighted by molar-refractivity contribution is -0.133. The van der Waals surface area contributed by atoms with Crippen LogP contribution in [0.3, 0.4) is 0 Å². The number of aromatic nitrogens is 1. The van der Waals surface area contributed by atoms with E-state index in [0.717, 1.165) is 22.0 Å². The fourth-order valence-electron chi connectivity index (χ4n) is 4.73. The molecule has 1 aliphatic rings. The first kappa shape index (κ1) is 21.8. The van der Waals surface area contributed by atoms with Crippen LogP contribution in [0.15, 0.2) is 84.9 Å². The van der Waals surface area contributed by atoms with Crippen LogP contribution >= 0.6 is 0 Å². The summed E-state index contributed by atoms with van der Waals surface area (Å²) >= 11 is 0. The van der Waals surface area contributed by atoms with Crippen LogP contribution in [0.25, 0.3) is 10.9 Å². The summed E-state index contributed by atoms with van der Waals surface area (Å²) in [6.45, 7) is 2.86. The molecule has 1 unspecified atom stereocenters. The Morgan fingerprint density at radius 2 is 1.71 bits per heavy atom. The second-order valence-electron chi connectivity index (χ2n) is 8.82. The van der Waals surface area contributed by atoms with Crippen molar-refractivity contribution in [1.82, 2.24) is 14.8 Å². The van der Waals surface area contributed by atoms with Crippen molar-refractivity contribution in [2.75, 3.05) is 7.11 Å². The van der Waals surface area contributed by atoms with Gasteiger partial charge in [-0.05, 0) is 30.7 Å². The molecule has 4 aromatic rings. The molecule has 1 aromatic heterocycles. The quantitative estimate of drug-likeness (QED) is 0.471. The third kappa shape index (κ3) is 3.71. The van der Waals surface area contributed by atoms with E-state index < -0.39 is 5.54 Å². The molecule has 1 atom stereocenters. The Bertz CT molecular complexity index is 1360. The highest BCUT2D eigenvalue weighted by atomic mass is 16.5. The predicted octanol–water partition coefficient (Wildman–Crippen LogP) is 4.38.